The van der Waals surface area contributed by atoms with Gasteiger partial charge in [0.15, 0.2) is 0 Å². The number of likely N-dealkylation sites (N-methyl/N-ethyl adjacent to an activating group) is 1. The summed E-state index contributed by atoms with van der Waals surface area (Å²) in [6.45, 7) is 1.89. The number of hydrogen-bond donors (Lipinski definition) is 1. The number of hydrogen-bond acceptors (Lipinski definition) is 2. The van der Waals surface area contributed by atoms with Crippen LogP contribution in [0.5, 0.6) is 0 Å². The molecule has 0 radical (unpaired) electrons. The minimum absolute atomic E-state index is 0.0255. The van der Waals surface area contributed by atoms with E-state index >= 15 is 0 Å². The SMILES string of the molecule is C[NH+](C)CCn1cc(CC(=O)[O-])c2ccccc21. The number of carboxylic acids is 1. The van der Waals surface area contributed by atoms with Crippen molar-refractivity contribution in [2.75, 3.05) is 20.6 Å². The number of para-hydroxylation sites is 1. The fraction of sp³-hybridized carbons (Fsp3) is 0.357. The molecule has 18 heavy (non-hydrogen) atoms. The molecule has 4 heteroatoms. The van der Waals surface area contributed by atoms with Crippen molar-refractivity contribution in [1.82, 2.24) is 4.57 Å². The van der Waals surface area contributed by atoms with Crippen molar-refractivity contribution in [3.8, 4) is 0 Å². The molecular formula is C14H18N2O2. The minimum Gasteiger partial charge on any atom is -0.550 e. The Bertz CT molecular complexity index is 558. The van der Waals surface area contributed by atoms with Crippen molar-refractivity contribution in [1.29, 1.82) is 0 Å². The number of carbonyl (C=O) groups is 1. The highest BCUT2D eigenvalue weighted by molar-refractivity contribution is 5.87. The Hall–Kier alpha value is -1.81. The molecule has 1 heterocycles. The standard InChI is InChI=1S/C14H18N2O2/c1-15(2)7-8-16-10-11(9-14(17)18)12-5-3-4-6-13(12)16/h3-6,10H,7-9H2,1-2H3,(H,17,18). The Morgan fingerprint density at radius 1 is 1.33 bits per heavy atom. The number of aromatic nitrogens is 1. The van der Waals surface area contributed by atoms with Gasteiger partial charge in [-0.05, 0) is 11.6 Å². The van der Waals surface area contributed by atoms with E-state index in [1.807, 2.05) is 30.5 Å². The largest absolute Gasteiger partial charge is 0.550 e. The van der Waals surface area contributed by atoms with Gasteiger partial charge >= 0.3 is 0 Å². The molecule has 1 N–H and O–H groups in total. The lowest BCUT2D eigenvalue weighted by atomic mass is 10.1. The summed E-state index contributed by atoms with van der Waals surface area (Å²) in [7, 11) is 4.21. The monoisotopic (exact) mass is 246 g/mol. The van der Waals surface area contributed by atoms with E-state index in [1.54, 1.807) is 0 Å². The molecule has 0 aliphatic rings. The first-order chi connectivity index (χ1) is 8.58. The first kappa shape index (κ1) is 12.6. The molecule has 0 aliphatic carbocycles. The summed E-state index contributed by atoms with van der Waals surface area (Å²) < 4.78 is 2.13. The molecule has 0 spiro atoms. The Morgan fingerprint density at radius 3 is 2.72 bits per heavy atom. The second kappa shape index (κ2) is 5.23. The molecule has 0 saturated carbocycles. The zero-order valence-corrected chi connectivity index (χ0v) is 10.8. The van der Waals surface area contributed by atoms with E-state index in [4.69, 9.17) is 0 Å². The minimum atomic E-state index is -1.03. The maximum absolute atomic E-state index is 10.8. The van der Waals surface area contributed by atoms with Crippen LogP contribution in [0.15, 0.2) is 30.5 Å². The molecule has 0 fully saturated rings. The Morgan fingerprint density at radius 2 is 2.06 bits per heavy atom. The van der Waals surface area contributed by atoms with E-state index < -0.39 is 5.97 Å². The maximum Gasteiger partial charge on any atom is 0.0949 e. The molecule has 96 valence electrons. The van der Waals surface area contributed by atoms with Crippen molar-refractivity contribution in [3.05, 3.63) is 36.0 Å². The fourth-order valence-electron chi connectivity index (χ4n) is 2.15. The van der Waals surface area contributed by atoms with Crippen LogP contribution in [0.3, 0.4) is 0 Å². The smallest absolute Gasteiger partial charge is 0.0949 e. The summed E-state index contributed by atoms with van der Waals surface area (Å²) in [6.07, 6.45) is 1.91. The third-order valence-electron chi connectivity index (χ3n) is 3.06. The van der Waals surface area contributed by atoms with Crippen LogP contribution in [0.4, 0.5) is 0 Å². The number of nitrogens with zero attached hydrogens (tertiary/aromatic N) is 1. The molecule has 0 unspecified atom stereocenters. The zero-order valence-electron chi connectivity index (χ0n) is 10.8. The molecule has 1 aromatic heterocycles. The van der Waals surface area contributed by atoms with Crippen molar-refractivity contribution in [2.24, 2.45) is 0 Å². The lowest BCUT2D eigenvalue weighted by molar-refractivity contribution is -0.858. The first-order valence-electron chi connectivity index (χ1n) is 6.13. The average molecular weight is 246 g/mol. The number of nitrogens with one attached hydrogen (secondary N) is 1. The van der Waals surface area contributed by atoms with Gasteiger partial charge in [-0.15, -0.1) is 0 Å². The first-order valence-corrected chi connectivity index (χ1v) is 6.13. The van der Waals surface area contributed by atoms with Gasteiger partial charge in [-0.25, -0.2) is 0 Å². The summed E-state index contributed by atoms with van der Waals surface area (Å²) in [5.74, 6) is -1.03. The van der Waals surface area contributed by atoms with Crippen molar-refractivity contribution < 1.29 is 14.8 Å². The van der Waals surface area contributed by atoms with Crippen LogP contribution < -0.4 is 10.0 Å². The van der Waals surface area contributed by atoms with E-state index in [-0.39, 0.29) is 6.42 Å². The molecule has 2 rings (SSSR count). The third-order valence-corrected chi connectivity index (χ3v) is 3.06. The number of aliphatic carboxylic acids is 1. The van der Waals surface area contributed by atoms with E-state index in [0.717, 1.165) is 29.6 Å². The number of benzene rings is 1. The van der Waals surface area contributed by atoms with Gasteiger partial charge in [0.2, 0.25) is 0 Å². The lowest BCUT2D eigenvalue weighted by Gasteiger charge is -2.08. The second-order valence-corrected chi connectivity index (χ2v) is 4.87. The molecule has 0 amide bonds. The topological polar surface area (TPSA) is 49.5 Å². The summed E-state index contributed by atoms with van der Waals surface area (Å²) in [6, 6.07) is 7.90. The normalized spacial score (nSPS) is 11.3. The van der Waals surface area contributed by atoms with Crippen LogP contribution in [-0.2, 0) is 17.8 Å². The van der Waals surface area contributed by atoms with Gasteiger partial charge in [0.05, 0.1) is 27.2 Å². The second-order valence-electron chi connectivity index (χ2n) is 4.87. The third kappa shape index (κ3) is 2.71. The highest BCUT2D eigenvalue weighted by Crippen LogP contribution is 2.21. The Kier molecular flexibility index (Phi) is 3.67. The van der Waals surface area contributed by atoms with Gasteiger partial charge < -0.3 is 19.4 Å². The molecule has 0 bridgehead atoms. The van der Waals surface area contributed by atoms with Crippen LogP contribution in [0.2, 0.25) is 0 Å². The summed E-state index contributed by atoms with van der Waals surface area (Å²) in [5.41, 5.74) is 1.93. The van der Waals surface area contributed by atoms with Gasteiger partial charge in [0.25, 0.3) is 0 Å². The zero-order chi connectivity index (χ0) is 13.1. The van der Waals surface area contributed by atoms with E-state index in [2.05, 4.69) is 18.7 Å². The summed E-state index contributed by atoms with van der Waals surface area (Å²) in [5, 5.41) is 11.8. The van der Waals surface area contributed by atoms with Gasteiger partial charge in [0, 0.05) is 29.5 Å². The van der Waals surface area contributed by atoms with Gasteiger partial charge in [-0.1, -0.05) is 18.2 Å². The van der Waals surface area contributed by atoms with E-state index in [9.17, 15) is 9.90 Å². The molecule has 4 nitrogen and oxygen atoms in total. The summed E-state index contributed by atoms with van der Waals surface area (Å²) >= 11 is 0. The average Bonchev–Trinajstić information content (AvgIpc) is 2.65. The Labute approximate surface area is 106 Å². The number of carboxylic acid groups (broad SMARTS) is 1. The number of fused-ring (bicyclic) bond motifs is 1. The van der Waals surface area contributed by atoms with Crippen molar-refractivity contribution >= 4 is 16.9 Å². The maximum atomic E-state index is 10.8. The van der Waals surface area contributed by atoms with Crippen LogP contribution in [0.25, 0.3) is 10.9 Å². The number of quaternary nitrogens is 1. The van der Waals surface area contributed by atoms with Gasteiger partial charge in [-0.3, -0.25) is 0 Å². The highest BCUT2D eigenvalue weighted by atomic mass is 16.4. The lowest BCUT2D eigenvalue weighted by Crippen LogP contribution is -3.06. The number of rotatable bonds is 5. The molecule has 2 aromatic rings. The molecular weight excluding hydrogens is 228 g/mol. The van der Waals surface area contributed by atoms with Crippen LogP contribution >= 0.6 is 0 Å². The number of carbonyl (C=O) groups excluding carboxylic acids is 1. The van der Waals surface area contributed by atoms with Gasteiger partial charge in [0.1, 0.15) is 0 Å². The van der Waals surface area contributed by atoms with E-state index in [0.29, 0.717) is 0 Å². The van der Waals surface area contributed by atoms with E-state index in [1.165, 1.54) is 4.90 Å². The quantitative estimate of drug-likeness (QED) is 0.741. The van der Waals surface area contributed by atoms with Crippen LogP contribution in [0.1, 0.15) is 5.56 Å². The molecule has 0 atom stereocenters. The van der Waals surface area contributed by atoms with Gasteiger partial charge in [-0.2, -0.15) is 0 Å². The molecule has 1 aromatic carbocycles. The van der Waals surface area contributed by atoms with Crippen molar-refractivity contribution in [3.63, 3.8) is 0 Å². The summed E-state index contributed by atoms with van der Waals surface area (Å²) in [4.78, 5) is 12.1. The predicted octanol–water partition coefficient (Wildman–Crippen LogP) is -0.922. The molecule has 0 saturated heterocycles. The van der Waals surface area contributed by atoms with Crippen LogP contribution in [-0.4, -0.2) is 31.2 Å². The van der Waals surface area contributed by atoms with Crippen LogP contribution in [0, 0.1) is 0 Å². The fourth-order valence-corrected chi connectivity index (χ4v) is 2.15. The highest BCUT2D eigenvalue weighted by Gasteiger charge is 2.08. The Balaban J connectivity index is 2.37. The van der Waals surface area contributed by atoms with Crippen molar-refractivity contribution in [2.45, 2.75) is 13.0 Å². The molecule has 0 aliphatic heterocycles. The predicted molar refractivity (Wildman–Crippen MR) is 68.3 cm³/mol.